The van der Waals surface area contributed by atoms with E-state index in [0.717, 1.165) is 11.4 Å². The van der Waals surface area contributed by atoms with Crippen LogP contribution in [0.5, 0.6) is 0 Å². The van der Waals surface area contributed by atoms with Crippen LogP contribution in [0.1, 0.15) is 11.5 Å². The van der Waals surface area contributed by atoms with Crippen molar-refractivity contribution in [1.29, 1.82) is 0 Å². The maximum atomic E-state index is 12.8. The van der Waals surface area contributed by atoms with Gasteiger partial charge in [0.2, 0.25) is 5.91 Å². The molecule has 0 aliphatic carbocycles. The van der Waals surface area contributed by atoms with Gasteiger partial charge in [0.15, 0.2) is 0 Å². The molecule has 2 aliphatic rings. The minimum atomic E-state index is -0.757. The predicted molar refractivity (Wildman–Crippen MR) is 99.8 cm³/mol. The number of carbonyl (C=O) groups is 2. The summed E-state index contributed by atoms with van der Waals surface area (Å²) in [5.74, 6) is 0.370. The Kier molecular flexibility index (Phi) is 5.15. The summed E-state index contributed by atoms with van der Waals surface area (Å²) in [6.45, 7) is 3.64. The van der Waals surface area contributed by atoms with Crippen molar-refractivity contribution in [1.82, 2.24) is 10.1 Å². The second-order valence-electron chi connectivity index (χ2n) is 7.27. The van der Waals surface area contributed by atoms with Gasteiger partial charge in [0.25, 0.3) is 5.91 Å². The van der Waals surface area contributed by atoms with Crippen molar-refractivity contribution >= 4 is 17.5 Å². The number of hydrogen-bond donors (Lipinski definition) is 0. The zero-order valence-corrected chi connectivity index (χ0v) is 15.8. The van der Waals surface area contributed by atoms with E-state index in [2.05, 4.69) is 5.16 Å². The monoisotopic (exact) mass is 385 g/mol. The third-order valence-electron chi connectivity index (χ3n) is 5.01. The molecule has 0 radical (unpaired) electrons. The van der Waals surface area contributed by atoms with Gasteiger partial charge in [-0.15, -0.1) is 0 Å². The summed E-state index contributed by atoms with van der Waals surface area (Å²) in [5, 5.41) is 3.83. The molecule has 1 aromatic heterocycles. The van der Waals surface area contributed by atoms with E-state index in [-0.39, 0.29) is 31.4 Å². The lowest BCUT2D eigenvalue weighted by atomic mass is 10.0. The molecule has 3 heterocycles. The van der Waals surface area contributed by atoms with E-state index in [9.17, 15) is 9.59 Å². The Hall–Kier alpha value is -2.71. The van der Waals surface area contributed by atoms with Crippen LogP contribution >= 0.6 is 0 Å². The van der Waals surface area contributed by atoms with E-state index in [1.54, 1.807) is 15.9 Å². The molecule has 2 saturated heterocycles. The molecule has 1 aromatic carbocycles. The molecular formula is C20H23N3O5. The molecule has 0 N–H and O–H groups in total. The number of benzene rings is 1. The standard InChI is InChI=1S/C20H23N3O5/c1-15-9-17(28-21-15)10-18(24)22-7-8-27-20(12-22)13-23(19(25)11-26-14-20)16-5-3-2-4-6-16/h2-6,9H,7-8,10-14H2,1H3. The number of carbonyl (C=O) groups excluding carboxylic acids is 2. The normalized spacial score (nSPS) is 23.1. The SMILES string of the molecule is Cc1cc(CC(=O)N2CCOC3(COCC(=O)N(c4ccccc4)C3)C2)on1. The van der Waals surface area contributed by atoms with Crippen LogP contribution in [0.2, 0.25) is 0 Å². The van der Waals surface area contributed by atoms with E-state index < -0.39 is 5.60 Å². The Bertz CT molecular complexity index is 853. The van der Waals surface area contributed by atoms with Crippen molar-refractivity contribution in [2.45, 2.75) is 18.9 Å². The Balaban J connectivity index is 1.51. The van der Waals surface area contributed by atoms with Gasteiger partial charge in [0.1, 0.15) is 18.0 Å². The number of para-hydroxylation sites is 1. The minimum absolute atomic E-state index is 0.00864. The molecule has 8 nitrogen and oxygen atoms in total. The second-order valence-corrected chi connectivity index (χ2v) is 7.27. The summed E-state index contributed by atoms with van der Waals surface area (Å²) in [6.07, 6.45) is 0.152. The first-order chi connectivity index (χ1) is 13.5. The number of morpholine rings is 1. The van der Waals surface area contributed by atoms with E-state index in [0.29, 0.717) is 32.0 Å². The lowest BCUT2D eigenvalue weighted by Gasteiger charge is -2.43. The zero-order chi connectivity index (χ0) is 19.6. The van der Waals surface area contributed by atoms with Gasteiger partial charge in [-0.3, -0.25) is 9.59 Å². The average molecular weight is 385 g/mol. The van der Waals surface area contributed by atoms with E-state index in [1.807, 2.05) is 37.3 Å². The number of aryl methyl sites for hydroxylation is 1. The molecule has 2 fully saturated rings. The molecule has 28 heavy (non-hydrogen) atoms. The smallest absolute Gasteiger partial charge is 0.253 e. The molecular weight excluding hydrogens is 362 g/mol. The number of rotatable bonds is 3. The molecule has 0 saturated carbocycles. The van der Waals surface area contributed by atoms with Crippen molar-refractivity contribution in [2.75, 3.05) is 44.4 Å². The van der Waals surface area contributed by atoms with Crippen LogP contribution < -0.4 is 4.90 Å². The third kappa shape index (κ3) is 3.93. The number of nitrogens with zero attached hydrogens (tertiary/aromatic N) is 3. The Labute approximate surface area is 163 Å². The number of ether oxygens (including phenoxy) is 2. The van der Waals surface area contributed by atoms with Gasteiger partial charge < -0.3 is 23.8 Å². The first kappa shape index (κ1) is 18.6. The van der Waals surface area contributed by atoms with E-state index in [4.69, 9.17) is 14.0 Å². The van der Waals surface area contributed by atoms with E-state index >= 15 is 0 Å². The molecule has 8 heteroatoms. The first-order valence-electron chi connectivity index (χ1n) is 9.32. The second kappa shape index (κ2) is 7.73. The molecule has 1 unspecified atom stereocenters. The minimum Gasteiger partial charge on any atom is -0.368 e. The quantitative estimate of drug-likeness (QED) is 0.789. The van der Waals surface area contributed by atoms with Gasteiger partial charge in [0, 0.05) is 18.3 Å². The highest BCUT2D eigenvalue weighted by atomic mass is 16.5. The van der Waals surface area contributed by atoms with Gasteiger partial charge in [-0.1, -0.05) is 23.4 Å². The van der Waals surface area contributed by atoms with Crippen LogP contribution in [0.25, 0.3) is 0 Å². The molecule has 4 rings (SSSR count). The van der Waals surface area contributed by atoms with Gasteiger partial charge in [-0.05, 0) is 19.1 Å². The fourth-order valence-corrected chi connectivity index (χ4v) is 3.67. The third-order valence-corrected chi connectivity index (χ3v) is 5.01. The van der Waals surface area contributed by atoms with Crippen LogP contribution in [-0.2, 0) is 25.5 Å². The molecule has 148 valence electrons. The lowest BCUT2D eigenvalue weighted by Crippen LogP contribution is -2.60. The fourth-order valence-electron chi connectivity index (χ4n) is 3.67. The van der Waals surface area contributed by atoms with Crippen LogP contribution in [0, 0.1) is 6.92 Å². The molecule has 1 spiro atoms. The van der Waals surface area contributed by atoms with Crippen molar-refractivity contribution in [3.63, 3.8) is 0 Å². The summed E-state index contributed by atoms with van der Waals surface area (Å²) >= 11 is 0. The Morgan fingerprint density at radius 3 is 2.82 bits per heavy atom. The number of anilines is 1. The maximum absolute atomic E-state index is 12.8. The molecule has 1 atom stereocenters. The van der Waals surface area contributed by atoms with Crippen LogP contribution in [0.15, 0.2) is 40.9 Å². The number of amides is 2. The highest BCUT2D eigenvalue weighted by molar-refractivity contribution is 5.94. The fraction of sp³-hybridized carbons (Fsp3) is 0.450. The number of aromatic nitrogens is 1. The van der Waals surface area contributed by atoms with Crippen molar-refractivity contribution in [2.24, 2.45) is 0 Å². The highest BCUT2D eigenvalue weighted by Gasteiger charge is 2.43. The maximum Gasteiger partial charge on any atom is 0.253 e. The molecule has 2 aliphatic heterocycles. The molecule has 2 amide bonds. The summed E-state index contributed by atoms with van der Waals surface area (Å²) in [4.78, 5) is 28.7. The van der Waals surface area contributed by atoms with Crippen molar-refractivity contribution in [3.8, 4) is 0 Å². The predicted octanol–water partition coefficient (Wildman–Crippen LogP) is 1.19. The lowest BCUT2D eigenvalue weighted by molar-refractivity contribution is -0.157. The first-order valence-corrected chi connectivity index (χ1v) is 9.32. The average Bonchev–Trinajstić information content (AvgIpc) is 3.04. The van der Waals surface area contributed by atoms with E-state index in [1.165, 1.54) is 0 Å². The van der Waals surface area contributed by atoms with Gasteiger partial charge in [-0.2, -0.15) is 0 Å². The Morgan fingerprint density at radius 2 is 2.07 bits per heavy atom. The van der Waals surface area contributed by atoms with Crippen molar-refractivity contribution in [3.05, 3.63) is 47.9 Å². The zero-order valence-electron chi connectivity index (χ0n) is 15.8. The van der Waals surface area contributed by atoms with Crippen LogP contribution in [0.3, 0.4) is 0 Å². The molecule has 2 aromatic rings. The summed E-state index contributed by atoms with van der Waals surface area (Å²) in [6, 6.07) is 11.2. The van der Waals surface area contributed by atoms with Crippen molar-refractivity contribution < 1.29 is 23.6 Å². The summed E-state index contributed by atoms with van der Waals surface area (Å²) in [5.41, 5.74) is 0.782. The largest absolute Gasteiger partial charge is 0.368 e. The van der Waals surface area contributed by atoms with Gasteiger partial charge >= 0.3 is 0 Å². The van der Waals surface area contributed by atoms with Crippen LogP contribution in [-0.4, -0.2) is 66.9 Å². The summed E-state index contributed by atoms with van der Waals surface area (Å²) < 4.78 is 16.9. The van der Waals surface area contributed by atoms with Crippen LogP contribution in [0.4, 0.5) is 5.69 Å². The van der Waals surface area contributed by atoms with Gasteiger partial charge in [-0.25, -0.2) is 0 Å². The summed E-state index contributed by atoms with van der Waals surface area (Å²) in [7, 11) is 0. The highest BCUT2D eigenvalue weighted by Crippen LogP contribution is 2.27. The number of hydrogen-bond acceptors (Lipinski definition) is 6. The Morgan fingerprint density at radius 1 is 1.25 bits per heavy atom. The van der Waals surface area contributed by atoms with Gasteiger partial charge in [0.05, 0.1) is 38.4 Å². The topological polar surface area (TPSA) is 85.1 Å². The molecule has 0 bridgehead atoms.